The van der Waals surface area contributed by atoms with Crippen LogP contribution >= 0.6 is 11.6 Å². The molecule has 0 nitrogen and oxygen atoms in total. The molecule has 0 bridgehead atoms. The van der Waals surface area contributed by atoms with E-state index in [2.05, 4.69) is 6.92 Å². The van der Waals surface area contributed by atoms with Crippen LogP contribution in [0.1, 0.15) is 19.8 Å². The first-order valence-corrected chi connectivity index (χ1v) is 2.51. The number of alkyl halides is 1. The van der Waals surface area contributed by atoms with Crippen molar-refractivity contribution in [3.63, 3.8) is 0 Å². The Hall–Kier alpha value is 1.06. The Kier molecular flexibility index (Phi) is 15.9. The highest BCUT2D eigenvalue weighted by molar-refractivity contribution is 6.17. The Labute approximate surface area is 60.4 Å². The smallest absolute Gasteiger partial charge is 0.127 e. The van der Waals surface area contributed by atoms with Gasteiger partial charge in [0, 0.05) is 5.88 Å². The molecule has 0 aromatic rings. The largest absolute Gasteiger partial charge is 0.316 e. The summed E-state index contributed by atoms with van der Waals surface area (Å²) in [6.07, 6.45) is 2.37. The second-order valence-corrected chi connectivity index (χ2v) is 1.42. The molecule has 0 atom stereocenters. The van der Waals surface area contributed by atoms with Crippen LogP contribution in [0.5, 0.6) is 0 Å². The molecule has 0 aromatic heterocycles. The summed E-state index contributed by atoms with van der Waals surface area (Å²) in [4.78, 5) is 0. The van der Waals surface area contributed by atoms with E-state index in [9.17, 15) is 0 Å². The first-order valence-electron chi connectivity index (χ1n) is 1.97. The summed E-state index contributed by atoms with van der Waals surface area (Å²) in [5.74, 6) is 0.816. The maximum absolute atomic E-state index is 5.30. The molecule has 0 spiro atoms. The lowest BCUT2D eigenvalue weighted by Crippen LogP contribution is -1.65. The molecule has 0 aliphatic heterocycles. The molecule has 0 aliphatic carbocycles. The van der Waals surface area contributed by atoms with Crippen LogP contribution in [0.4, 0.5) is 0 Å². The first-order chi connectivity index (χ1) is 2.41. The minimum absolute atomic E-state index is 0. The van der Waals surface area contributed by atoms with E-state index in [0.717, 1.165) is 12.3 Å². The average molecular weight is 119 g/mol. The summed E-state index contributed by atoms with van der Waals surface area (Å²) in [6.45, 7) is 2.13. The van der Waals surface area contributed by atoms with Crippen LogP contribution in [0.3, 0.4) is 0 Å². The summed E-state index contributed by atoms with van der Waals surface area (Å²) in [5, 5.41) is 0. The molecule has 0 aromatic carbocycles. The summed E-state index contributed by atoms with van der Waals surface area (Å²) < 4.78 is 0. The summed E-state index contributed by atoms with van der Waals surface area (Å²) in [6, 6.07) is 0. The van der Waals surface area contributed by atoms with Gasteiger partial charge in [0.05, 0.1) is 0 Å². The van der Waals surface area contributed by atoms with Crippen molar-refractivity contribution in [3.05, 3.63) is 0 Å². The Bertz CT molecular complexity index is 15.0. The summed E-state index contributed by atoms with van der Waals surface area (Å²) >= 11 is 5.30. The SMILES string of the molecule is CCCCCl.[MgH2]. The normalized spacial score (nSPS) is 7.00. The zero-order valence-corrected chi connectivity index (χ0v) is 4.26. The van der Waals surface area contributed by atoms with Gasteiger partial charge in [0.2, 0.25) is 0 Å². The van der Waals surface area contributed by atoms with E-state index in [4.69, 9.17) is 11.6 Å². The second kappa shape index (κ2) is 9.41. The van der Waals surface area contributed by atoms with E-state index in [1.54, 1.807) is 0 Å². The molecule has 0 saturated carbocycles. The monoisotopic (exact) mass is 118 g/mol. The molecule has 0 fully saturated rings. The standard InChI is InChI=1S/C4H9Cl.Mg.2H/c1-2-3-4-5;;;/h2-4H2,1H3;;;. The van der Waals surface area contributed by atoms with Gasteiger partial charge in [-0.25, -0.2) is 0 Å². The molecule has 0 saturated heterocycles. The highest BCUT2D eigenvalue weighted by Gasteiger charge is 1.70. The summed E-state index contributed by atoms with van der Waals surface area (Å²) in [7, 11) is 0. The third kappa shape index (κ3) is 8.91. The molecular weight excluding hydrogens is 108 g/mol. The van der Waals surface area contributed by atoms with Gasteiger partial charge in [0.15, 0.2) is 0 Å². The predicted octanol–water partition coefficient (Wildman–Crippen LogP) is 1.11. The van der Waals surface area contributed by atoms with Gasteiger partial charge in [-0.2, -0.15) is 0 Å². The first kappa shape index (κ1) is 10.1. The van der Waals surface area contributed by atoms with E-state index < -0.39 is 0 Å². The van der Waals surface area contributed by atoms with Crippen LogP contribution in [-0.4, -0.2) is 28.9 Å². The third-order valence-electron chi connectivity index (χ3n) is 0.487. The van der Waals surface area contributed by atoms with Crippen molar-refractivity contribution in [2.45, 2.75) is 19.8 Å². The minimum Gasteiger partial charge on any atom is -0.127 e. The van der Waals surface area contributed by atoms with Gasteiger partial charge in [-0.15, -0.1) is 11.6 Å². The van der Waals surface area contributed by atoms with E-state index >= 15 is 0 Å². The van der Waals surface area contributed by atoms with E-state index in [1.807, 2.05) is 0 Å². The van der Waals surface area contributed by atoms with Crippen LogP contribution in [0.2, 0.25) is 0 Å². The number of unbranched alkanes of at least 4 members (excludes halogenated alkanes) is 1. The lowest BCUT2D eigenvalue weighted by Gasteiger charge is -1.77. The molecular formula is C4H11ClMg. The van der Waals surface area contributed by atoms with Gasteiger partial charge in [-0.3, -0.25) is 0 Å². The Morgan fingerprint density at radius 3 is 2.00 bits per heavy atom. The van der Waals surface area contributed by atoms with E-state index in [1.165, 1.54) is 6.42 Å². The van der Waals surface area contributed by atoms with Gasteiger partial charge in [-0.05, 0) is 6.42 Å². The van der Waals surface area contributed by atoms with Crippen molar-refractivity contribution in [3.8, 4) is 0 Å². The number of hydrogen-bond donors (Lipinski definition) is 0. The predicted molar refractivity (Wildman–Crippen MR) is 34.2 cm³/mol. The minimum atomic E-state index is 0. The molecule has 2 heteroatoms. The maximum Gasteiger partial charge on any atom is 0.316 e. The van der Waals surface area contributed by atoms with Crippen molar-refractivity contribution in [1.29, 1.82) is 0 Å². The van der Waals surface area contributed by atoms with Gasteiger partial charge in [-0.1, -0.05) is 13.3 Å². The second-order valence-electron chi connectivity index (χ2n) is 1.04. The van der Waals surface area contributed by atoms with Crippen molar-refractivity contribution in [2.24, 2.45) is 0 Å². The molecule has 6 heavy (non-hydrogen) atoms. The van der Waals surface area contributed by atoms with Crippen LogP contribution in [0.15, 0.2) is 0 Å². The average Bonchev–Trinajstić information content (AvgIpc) is 1.41. The highest BCUT2D eigenvalue weighted by atomic mass is 35.5. The van der Waals surface area contributed by atoms with Crippen LogP contribution in [-0.2, 0) is 0 Å². The van der Waals surface area contributed by atoms with E-state index in [0.29, 0.717) is 0 Å². The number of hydrogen-bond acceptors (Lipinski definition) is 0. The Morgan fingerprint density at radius 2 is 2.00 bits per heavy atom. The van der Waals surface area contributed by atoms with Gasteiger partial charge in [0.1, 0.15) is 0 Å². The topological polar surface area (TPSA) is 0 Å². The molecule has 36 valence electrons. The molecule has 0 N–H and O–H groups in total. The lowest BCUT2D eigenvalue weighted by molar-refractivity contribution is 0.892. The van der Waals surface area contributed by atoms with Gasteiger partial charge >= 0.3 is 23.1 Å². The highest BCUT2D eigenvalue weighted by Crippen LogP contribution is 1.86. The molecule has 0 unspecified atom stereocenters. The quantitative estimate of drug-likeness (QED) is 0.377. The molecule has 0 aliphatic rings. The number of rotatable bonds is 2. The zero-order valence-electron chi connectivity index (χ0n) is 3.50. The van der Waals surface area contributed by atoms with Crippen LogP contribution < -0.4 is 0 Å². The van der Waals surface area contributed by atoms with Crippen LogP contribution in [0.25, 0.3) is 0 Å². The summed E-state index contributed by atoms with van der Waals surface area (Å²) in [5.41, 5.74) is 0. The lowest BCUT2D eigenvalue weighted by atomic mass is 10.4. The van der Waals surface area contributed by atoms with Crippen molar-refractivity contribution in [2.75, 3.05) is 5.88 Å². The van der Waals surface area contributed by atoms with E-state index in [-0.39, 0.29) is 23.1 Å². The molecule has 0 amide bonds. The van der Waals surface area contributed by atoms with Crippen molar-refractivity contribution in [1.82, 2.24) is 0 Å². The maximum atomic E-state index is 5.30. The van der Waals surface area contributed by atoms with Crippen molar-refractivity contribution < 1.29 is 0 Å². The van der Waals surface area contributed by atoms with Gasteiger partial charge < -0.3 is 0 Å². The van der Waals surface area contributed by atoms with Gasteiger partial charge in [0.25, 0.3) is 0 Å². The zero-order chi connectivity index (χ0) is 4.12. The fraction of sp³-hybridized carbons (Fsp3) is 1.00. The fourth-order valence-electron chi connectivity index (χ4n) is 0.134. The third-order valence-corrected chi connectivity index (χ3v) is 0.754. The molecule has 0 heterocycles. The molecule has 0 radical (unpaired) electrons. The van der Waals surface area contributed by atoms with Crippen molar-refractivity contribution >= 4 is 34.7 Å². The molecule has 0 rings (SSSR count). The Balaban J connectivity index is 0. The fourth-order valence-corrected chi connectivity index (χ4v) is 0.401. The Morgan fingerprint density at radius 1 is 1.50 bits per heavy atom. The van der Waals surface area contributed by atoms with Crippen LogP contribution in [0, 0.1) is 0 Å². The number of halogens is 1.